The summed E-state index contributed by atoms with van der Waals surface area (Å²) in [6, 6.07) is 0. The van der Waals surface area contributed by atoms with Crippen LogP contribution in [-0.2, 0) is 14.3 Å². The van der Waals surface area contributed by atoms with Gasteiger partial charge in [-0.1, -0.05) is 20.8 Å². The second-order valence-electron chi connectivity index (χ2n) is 5.67. The second-order valence-corrected chi connectivity index (χ2v) is 5.67. The van der Waals surface area contributed by atoms with E-state index in [0.29, 0.717) is 19.8 Å². The molecule has 0 aromatic rings. The summed E-state index contributed by atoms with van der Waals surface area (Å²) in [7, 11) is 1.74. The van der Waals surface area contributed by atoms with E-state index in [9.17, 15) is 4.79 Å². The molecule has 0 spiro atoms. The molecule has 0 saturated carbocycles. The lowest BCUT2D eigenvalue weighted by Gasteiger charge is -2.27. The third-order valence-electron chi connectivity index (χ3n) is 2.66. The largest absolute Gasteiger partial charge is 0.465 e. The lowest BCUT2D eigenvalue weighted by Crippen LogP contribution is -2.52. The molecule has 0 saturated heterocycles. The van der Waals surface area contributed by atoms with Crippen LogP contribution in [-0.4, -0.2) is 38.4 Å². The van der Waals surface area contributed by atoms with Gasteiger partial charge in [0, 0.05) is 6.61 Å². The summed E-state index contributed by atoms with van der Waals surface area (Å²) in [6.07, 6.45) is 0.968. The second kappa shape index (κ2) is 6.97. The molecule has 102 valence electrons. The van der Waals surface area contributed by atoms with Crippen LogP contribution in [0.15, 0.2) is 0 Å². The molecule has 0 fully saturated rings. The molecule has 4 nitrogen and oxygen atoms in total. The number of carbonyl (C=O) groups is 1. The molecule has 0 aromatic heterocycles. The Balaban J connectivity index is 4.08. The van der Waals surface area contributed by atoms with Gasteiger partial charge in [0.05, 0.1) is 13.2 Å². The van der Waals surface area contributed by atoms with E-state index in [4.69, 9.17) is 9.47 Å². The van der Waals surface area contributed by atoms with Crippen LogP contribution in [0.1, 0.15) is 41.0 Å². The average Bonchev–Trinajstić information content (AvgIpc) is 2.23. The van der Waals surface area contributed by atoms with Gasteiger partial charge in [0.2, 0.25) is 0 Å². The van der Waals surface area contributed by atoms with Gasteiger partial charge in [-0.05, 0) is 32.7 Å². The summed E-state index contributed by atoms with van der Waals surface area (Å²) in [4.78, 5) is 11.7. The van der Waals surface area contributed by atoms with Crippen LogP contribution < -0.4 is 5.32 Å². The Kier molecular flexibility index (Phi) is 6.72. The molecule has 0 radical (unpaired) electrons. The average molecular weight is 245 g/mol. The highest BCUT2D eigenvalue weighted by Crippen LogP contribution is 2.18. The third kappa shape index (κ3) is 6.64. The van der Waals surface area contributed by atoms with E-state index in [2.05, 4.69) is 26.1 Å². The van der Waals surface area contributed by atoms with E-state index in [1.807, 2.05) is 0 Å². The molecule has 0 rings (SSSR count). The first-order chi connectivity index (χ1) is 7.75. The number of esters is 1. The first-order valence-corrected chi connectivity index (χ1v) is 6.19. The molecule has 0 aliphatic rings. The maximum Gasteiger partial charge on any atom is 0.328 e. The number of hydrogen-bond donors (Lipinski definition) is 1. The van der Waals surface area contributed by atoms with Crippen molar-refractivity contribution in [3.05, 3.63) is 0 Å². The number of rotatable bonds is 7. The van der Waals surface area contributed by atoms with Crippen molar-refractivity contribution in [3.63, 3.8) is 0 Å². The van der Waals surface area contributed by atoms with E-state index in [0.717, 1.165) is 6.42 Å². The summed E-state index contributed by atoms with van der Waals surface area (Å²) in [5, 5.41) is 2.96. The minimum atomic E-state index is -0.756. The fourth-order valence-electron chi connectivity index (χ4n) is 1.18. The maximum absolute atomic E-state index is 11.7. The molecule has 0 aromatic carbocycles. The number of nitrogens with one attached hydrogen (secondary N) is 1. The quantitative estimate of drug-likeness (QED) is 0.550. The van der Waals surface area contributed by atoms with Gasteiger partial charge < -0.3 is 14.8 Å². The van der Waals surface area contributed by atoms with E-state index in [1.54, 1.807) is 20.9 Å². The van der Waals surface area contributed by atoms with Crippen LogP contribution in [0.25, 0.3) is 0 Å². The van der Waals surface area contributed by atoms with Gasteiger partial charge in [-0.25, -0.2) is 4.79 Å². The third-order valence-corrected chi connectivity index (χ3v) is 2.66. The molecule has 0 aliphatic heterocycles. The van der Waals surface area contributed by atoms with E-state index in [-0.39, 0.29) is 11.4 Å². The van der Waals surface area contributed by atoms with Gasteiger partial charge in [0.1, 0.15) is 5.54 Å². The standard InChI is InChI=1S/C13H27NO3/c1-7-17-11(15)13(5,14-6)10-16-9-8-12(2,3)4/h14H,7-10H2,1-6H3. The lowest BCUT2D eigenvalue weighted by atomic mass is 9.93. The van der Waals surface area contributed by atoms with Gasteiger partial charge in [-0.3, -0.25) is 0 Å². The zero-order valence-electron chi connectivity index (χ0n) is 12.1. The molecule has 0 aliphatic carbocycles. The van der Waals surface area contributed by atoms with Crippen LogP contribution in [0.4, 0.5) is 0 Å². The van der Waals surface area contributed by atoms with Gasteiger partial charge in [-0.15, -0.1) is 0 Å². The highest BCUT2D eigenvalue weighted by molar-refractivity contribution is 5.80. The topological polar surface area (TPSA) is 47.6 Å². The van der Waals surface area contributed by atoms with Crippen molar-refractivity contribution in [2.75, 3.05) is 26.9 Å². The molecule has 0 amide bonds. The summed E-state index contributed by atoms with van der Waals surface area (Å²) < 4.78 is 10.6. The molecule has 17 heavy (non-hydrogen) atoms. The van der Waals surface area contributed by atoms with Gasteiger partial charge in [-0.2, -0.15) is 0 Å². The predicted octanol–water partition coefficient (Wildman–Crippen LogP) is 1.98. The van der Waals surface area contributed by atoms with E-state index in [1.165, 1.54) is 0 Å². The fourth-order valence-corrected chi connectivity index (χ4v) is 1.18. The molecular formula is C13H27NO3. The molecule has 0 bridgehead atoms. The van der Waals surface area contributed by atoms with E-state index < -0.39 is 5.54 Å². The first kappa shape index (κ1) is 16.4. The molecule has 1 N–H and O–H groups in total. The van der Waals surface area contributed by atoms with Crippen molar-refractivity contribution < 1.29 is 14.3 Å². The molecule has 4 heteroatoms. The van der Waals surface area contributed by atoms with Crippen molar-refractivity contribution in [1.82, 2.24) is 5.32 Å². The van der Waals surface area contributed by atoms with Crippen LogP contribution in [0.5, 0.6) is 0 Å². The number of hydrogen-bond acceptors (Lipinski definition) is 4. The zero-order chi connectivity index (χ0) is 13.5. The van der Waals surface area contributed by atoms with Gasteiger partial charge >= 0.3 is 5.97 Å². The Morgan fingerprint density at radius 3 is 2.24 bits per heavy atom. The lowest BCUT2D eigenvalue weighted by molar-refractivity contribution is -0.153. The van der Waals surface area contributed by atoms with Crippen LogP contribution >= 0.6 is 0 Å². The van der Waals surface area contributed by atoms with Crippen molar-refractivity contribution in [1.29, 1.82) is 0 Å². The van der Waals surface area contributed by atoms with Crippen LogP contribution in [0.3, 0.4) is 0 Å². The van der Waals surface area contributed by atoms with Gasteiger partial charge in [0.25, 0.3) is 0 Å². The fraction of sp³-hybridized carbons (Fsp3) is 0.923. The smallest absolute Gasteiger partial charge is 0.328 e. The van der Waals surface area contributed by atoms with Crippen molar-refractivity contribution >= 4 is 5.97 Å². The van der Waals surface area contributed by atoms with Crippen molar-refractivity contribution in [2.45, 2.75) is 46.6 Å². The zero-order valence-corrected chi connectivity index (χ0v) is 12.1. The Bertz CT molecular complexity index is 235. The Morgan fingerprint density at radius 2 is 1.82 bits per heavy atom. The normalized spacial score (nSPS) is 15.4. The number of carbonyl (C=O) groups excluding carboxylic acids is 1. The minimum absolute atomic E-state index is 0.250. The Labute approximate surface area is 105 Å². The summed E-state index contributed by atoms with van der Waals surface area (Å²) in [6.45, 7) is 11.5. The molecule has 1 atom stereocenters. The maximum atomic E-state index is 11.7. The molecule has 1 unspecified atom stereocenters. The Hall–Kier alpha value is -0.610. The SMILES string of the molecule is CCOC(=O)C(C)(COCCC(C)(C)C)NC. The molecular weight excluding hydrogens is 218 g/mol. The molecule has 0 heterocycles. The Morgan fingerprint density at radius 1 is 1.24 bits per heavy atom. The number of likely N-dealkylation sites (N-methyl/N-ethyl adjacent to an activating group) is 1. The van der Waals surface area contributed by atoms with E-state index >= 15 is 0 Å². The van der Waals surface area contributed by atoms with Crippen molar-refractivity contribution in [2.24, 2.45) is 5.41 Å². The summed E-state index contributed by atoms with van der Waals surface area (Å²) in [5.41, 5.74) is -0.506. The monoisotopic (exact) mass is 245 g/mol. The van der Waals surface area contributed by atoms with Crippen molar-refractivity contribution in [3.8, 4) is 0 Å². The van der Waals surface area contributed by atoms with Crippen LogP contribution in [0.2, 0.25) is 0 Å². The van der Waals surface area contributed by atoms with Gasteiger partial charge in [0.15, 0.2) is 0 Å². The highest BCUT2D eigenvalue weighted by Gasteiger charge is 2.33. The highest BCUT2D eigenvalue weighted by atomic mass is 16.5. The van der Waals surface area contributed by atoms with Crippen LogP contribution in [0, 0.1) is 5.41 Å². The predicted molar refractivity (Wildman–Crippen MR) is 69.0 cm³/mol. The number of ether oxygens (including phenoxy) is 2. The first-order valence-electron chi connectivity index (χ1n) is 6.19. The summed E-state index contributed by atoms with van der Waals surface area (Å²) >= 11 is 0. The minimum Gasteiger partial charge on any atom is -0.465 e. The summed E-state index contributed by atoms with van der Waals surface area (Å²) in [5.74, 6) is -0.266.